The maximum atomic E-state index is 13.4. The fourth-order valence-corrected chi connectivity index (χ4v) is 5.09. The predicted octanol–water partition coefficient (Wildman–Crippen LogP) is 4.95. The molecule has 1 unspecified atom stereocenters. The summed E-state index contributed by atoms with van der Waals surface area (Å²) in [6, 6.07) is 10.6. The van der Waals surface area contributed by atoms with Gasteiger partial charge in [-0.1, -0.05) is 30.4 Å². The lowest BCUT2D eigenvalue weighted by Crippen LogP contribution is -2.29. The summed E-state index contributed by atoms with van der Waals surface area (Å²) >= 11 is 0.873. The second-order valence-corrected chi connectivity index (χ2v) is 9.50. The number of carbonyl (C=O) groups is 3. The molecule has 1 atom stereocenters. The number of ketones is 1. The van der Waals surface area contributed by atoms with E-state index >= 15 is 0 Å². The molecule has 1 fully saturated rings. The number of Topliss-reactive ketones (excluding diaryl/α,β-unsaturated/α-hetero) is 1. The summed E-state index contributed by atoms with van der Waals surface area (Å²) in [4.78, 5) is 55.4. The minimum atomic E-state index is -1.17. The highest BCUT2D eigenvalue weighted by molar-refractivity contribution is 7.17. The number of hydrogen-bond acceptors (Lipinski definition) is 10. The van der Waals surface area contributed by atoms with Crippen molar-refractivity contribution in [1.82, 2.24) is 4.98 Å². The third-order valence-corrected chi connectivity index (χ3v) is 7.03. The Balaban J connectivity index is 1.89. The van der Waals surface area contributed by atoms with Crippen LogP contribution < -0.4 is 9.64 Å². The van der Waals surface area contributed by atoms with Crippen molar-refractivity contribution in [3.8, 4) is 5.75 Å². The highest BCUT2D eigenvalue weighted by Gasteiger charge is 2.48. The monoisotopic (exact) mass is 551 g/mol. The van der Waals surface area contributed by atoms with Crippen molar-refractivity contribution in [3.63, 3.8) is 0 Å². The lowest BCUT2D eigenvalue weighted by molar-refractivity contribution is -0.384. The average molecular weight is 552 g/mol. The predicted molar refractivity (Wildman–Crippen MR) is 143 cm³/mol. The standard InChI is InChI=1S/C27H25N3O8S/c1-4-13-38-19-8-6-7-17(14-19)22(31)20-21(16-9-11-18(12-10-16)30(35)36)29(25(33)23(20)32)27-28-15(3)24(39-27)26(34)37-5-2/h6-12,14,21,31H,4-5,13H2,1-3H3/b22-20+. The number of nitro benzene ring substituents is 1. The Labute approximate surface area is 227 Å². The molecule has 1 aliphatic rings. The Kier molecular flexibility index (Phi) is 8.05. The molecule has 3 aromatic rings. The number of anilines is 1. The molecule has 1 saturated heterocycles. The zero-order valence-electron chi connectivity index (χ0n) is 21.4. The Morgan fingerprint density at radius 3 is 2.54 bits per heavy atom. The lowest BCUT2D eigenvalue weighted by Gasteiger charge is -2.23. The highest BCUT2D eigenvalue weighted by Crippen LogP contribution is 2.44. The van der Waals surface area contributed by atoms with Gasteiger partial charge in [0.05, 0.1) is 35.4 Å². The summed E-state index contributed by atoms with van der Waals surface area (Å²) in [6.07, 6.45) is 0.766. The van der Waals surface area contributed by atoms with Gasteiger partial charge in [-0.05, 0) is 50.1 Å². The second-order valence-electron chi connectivity index (χ2n) is 8.53. The van der Waals surface area contributed by atoms with Crippen LogP contribution in [0.1, 0.15) is 52.8 Å². The van der Waals surface area contributed by atoms with Crippen LogP contribution in [-0.4, -0.2) is 45.9 Å². The van der Waals surface area contributed by atoms with Crippen LogP contribution in [0.3, 0.4) is 0 Å². The number of amides is 1. The number of ether oxygens (including phenoxy) is 2. The maximum Gasteiger partial charge on any atom is 0.350 e. The van der Waals surface area contributed by atoms with Gasteiger partial charge in [0.2, 0.25) is 0 Å². The normalized spacial score (nSPS) is 16.4. The highest BCUT2D eigenvalue weighted by atomic mass is 32.1. The molecule has 0 spiro atoms. The van der Waals surface area contributed by atoms with E-state index in [0.29, 0.717) is 23.6 Å². The van der Waals surface area contributed by atoms with E-state index in [4.69, 9.17) is 9.47 Å². The van der Waals surface area contributed by atoms with E-state index in [0.717, 1.165) is 22.7 Å². The van der Waals surface area contributed by atoms with Gasteiger partial charge < -0.3 is 14.6 Å². The summed E-state index contributed by atoms with van der Waals surface area (Å²) in [5.41, 5.74) is 0.457. The second kappa shape index (κ2) is 11.4. The van der Waals surface area contributed by atoms with Crippen LogP contribution in [0.5, 0.6) is 5.75 Å². The Bertz CT molecular complexity index is 1480. The molecule has 0 radical (unpaired) electrons. The molecule has 4 rings (SSSR count). The zero-order chi connectivity index (χ0) is 28.3. The van der Waals surface area contributed by atoms with Crippen LogP contribution >= 0.6 is 11.3 Å². The quantitative estimate of drug-likeness (QED) is 0.0973. The molecule has 1 aromatic heterocycles. The first-order valence-electron chi connectivity index (χ1n) is 12.1. The SMILES string of the molecule is CCCOc1cccc(/C(O)=C2\C(=O)C(=O)N(c3nc(C)c(C(=O)OCC)s3)C2c2ccc([N+](=O)[O-])cc2)c1. The summed E-state index contributed by atoms with van der Waals surface area (Å²) in [7, 11) is 0. The van der Waals surface area contributed by atoms with Crippen molar-refractivity contribution < 1.29 is 33.9 Å². The van der Waals surface area contributed by atoms with Crippen LogP contribution in [0.15, 0.2) is 54.1 Å². The fourth-order valence-electron chi connectivity index (χ4n) is 4.10. The smallest absolute Gasteiger partial charge is 0.350 e. The number of nitrogens with zero attached hydrogens (tertiary/aromatic N) is 3. The van der Waals surface area contributed by atoms with Crippen molar-refractivity contribution >= 4 is 45.6 Å². The third kappa shape index (κ3) is 5.36. The first kappa shape index (κ1) is 27.5. The maximum absolute atomic E-state index is 13.4. The van der Waals surface area contributed by atoms with E-state index in [-0.39, 0.29) is 33.4 Å². The van der Waals surface area contributed by atoms with Crippen molar-refractivity contribution in [2.24, 2.45) is 0 Å². The number of rotatable bonds is 9. The van der Waals surface area contributed by atoms with Gasteiger partial charge in [-0.25, -0.2) is 9.78 Å². The first-order valence-corrected chi connectivity index (χ1v) is 12.9. The first-order chi connectivity index (χ1) is 18.7. The van der Waals surface area contributed by atoms with Gasteiger partial charge in [-0.15, -0.1) is 0 Å². The average Bonchev–Trinajstić information content (AvgIpc) is 3.43. The van der Waals surface area contributed by atoms with E-state index in [2.05, 4.69) is 4.98 Å². The number of aromatic nitrogens is 1. The molecule has 39 heavy (non-hydrogen) atoms. The van der Waals surface area contributed by atoms with E-state index in [9.17, 15) is 29.6 Å². The third-order valence-electron chi connectivity index (χ3n) is 5.90. The molecular formula is C27H25N3O8S. The van der Waals surface area contributed by atoms with E-state index in [1.165, 1.54) is 24.3 Å². The Morgan fingerprint density at radius 2 is 1.90 bits per heavy atom. The molecule has 2 aromatic carbocycles. The van der Waals surface area contributed by atoms with Gasteiger partial charge in [0.25, 0.3) is 11.5 Å². The number of thiazole rings is 1. The number of aliphatic hydroxyl groups excluding tert-OH is 1. The molecular weight excluding hydrogens is 526 g/mol. The van der Waals surface area contributed by atoms with Crippen LogP contribution in [-0.2, 0) is 14.3 Å². The van der Waals surface area contributed by atoms with Crippen LogP contribution in [0, 0.1) is 17.0 Å². The largest absolute Gasteiger partial charge is 0.507 e. The topological polar surface area (TPSA) is 149 Å². The zero-order valence-corrected chi connectivity index (χ0v) is 22.2. The fraction of sp³-hybridized carbons (Fsp3) is 0.259. The van der Waals surface area contributed by atoms with Crippen LogP contribution in [0.2, 0.25) is 0 Å². The summed E-state index contributed by atoms with van der Waals surface area (Å²) < 4.78 is 10.7. The van der Waals surface area contributed by atoms with Crippen LogP contribution in [0.4, 0.5) is 10.8 Å². The number of hydrogen-bond donors (Lipinski definition) is 1. The van der Waals surface area contributed by atoms with Gasteiger partial charge in [-0.3, -0.25) is 24.6 Å². The summed E-state index contributed by atoms with van der Waals surface area (Å²) in [6.45, 7) is 5.77. The number of aryl methyl sites for hydroxylation is 1. The number of esters is 1. The summed E-state index contributed by atoms with van der Waals surface area (Å²) in [5, 5.41) is 22.6. The molecule has 1 amide bonds. The summed E-state index contributed by atoms with van der Waals surface area (Å²) in [5.74, 6) is -2.54. The number of benzene rings is 2. The van der Waals surface area contributed by atoms with Crippen molar-refractivity contribution in [1.29, 1.82) is 0 Å². The number of aliphatic hydroxyl groups is 1. The minimum absolute atomic E-state index is 0.0417. The Morgan fingerprint density at radius 1 is 1.18 bits per heavy atom. The van der Waals surface area contributed by atoms with E-state index in [1.54, 1.807) is 38.1 Å². The van der Waals surface area contributed by atoms with E-state index < -0.39 is 34.4 Å². The molecule has 1 aliphatic heterocycles. The van der Waals surface area contributed by atoms with Crippen molar-refractivity contribution in [3.05, 3.63) is 85.9 Å². The van der Waals surface area contributed by atoms with Crippen LogP contribution in [0.25, 0.3) is 5.76 Å². The number of non-ortho nitro benzene ring substituents is 1. The number of carbonyl (C=O) groups excluding carboxylic acids is 3. The van der Waals surface area contributed by atoms with Gasteiger partial charge in [0, 0.05) is 17.7 Å². The molecule has 12 heteroatoms. The van der Waals surface area contributed by atoms with Gasteiger partial charge in [0.15, 0.2) is 5.13 Å². The molecule has 202 valence electrons. The lowest BCUT2D eigenvalue weighted by atomic mass is 9.95. The molecule has 2 heterocycles. The molecule has 0 saturated carbocycles. The molecule has 0 bridgehead atoms. The molecule has 11 nitrogen and oxygen atoms in total. The molecule has 0 aliphatic carbocycles. The van der Waals surface area contributed by atoms with Gasteiger partial charge in [0.1, 0.15) is 16.4 Å². The van der Waals surface area contributed by atoms with Gasteiger partial charge >= 0.3 is 11.9 Å². The van der Waals surface area contributed by atoms with Crippen molar-refractivity contribution in [2.45, 2.75) is 33.2 Å². The Hall–Kier alpha value is -4.58. The van der Waals surface area contributed by atoms with Gasteiger partial charge in [-0.2, -0.15) is 0 Å². The van der Waals surface area contributed by atoms with E-state index in [1.807, 2.05) is 6.92 Å². The van der Waals surface area contributed by atoms with Crippen molar-refractivity contribution in [2.75, 3.05) is 18.1 Å². The molecule has 1 N–H and O–H groups in total. The number of nitro groups is 1. The minimum Gasteiger partial charge on any atom is -0.507 e.